The predicted molar refractivity (Wildman–Crippen MR) is 95.9 cm³/mol. The van der Waals surface area contributed by atoms with Crippen LogP contribution >= 0.6 is 0 Å². The minimum absolute atomic E-state index is 0.0575. The number of hydrogen-bond acceptors (Lipinski definition) is 3. The van der Waals surface area contributed by atoms with Gasteiger partial charge in [0.1, 0.15) is 11.5 Å². The fraction of sp³-hybridized carbons (Fsp3) is 0.400. The molecule has 1 aromatic heterocycles. The van der Waals surface area contributed by atoms with Crippen molar-refractivity contribution in [2.75, 3.05) is 6.54 Å². The summed E-state index contributed by atoms with van der Waals surface area (Å²) in [4.78, 5) is 16.0. The maximum atomic E-state index is 13.9. The van der Waals surface area contributed by atoms with Gasteiger partial charge in [0.15, 0.2) is 0 Å². The van der Waals surface area contributed by atoms with E-state index >= 15 is 0 Å². The number of nitrogens with one attached hydrogen (secondary N) is 1. The van der Waals surface area contributed by atoms with Gasteiger partial charge in [0.25, 0.3) is 11.8 Å². The van der Waals surface area contributed by atoms with Gasteiger partial charge in [0.2, 0.25) is 0 Å². The Bertz CT molecular complexity index is 772. The summed E-state index contributed by atoms with van der Waals surface area (Å²) < 4.78 is 45.7. The summed E-state index contributed by atoms with van der Waals surface area (Å²) in [7, 11) is 0. The smallest absolute Gasteiger partial charge is 0.270 e. The molecule has 146 valence electrons. The Hall–Kier alpha value is -2.41. The lowest BCUT2D eigenvalue weighted by molar-refractivity contribution is 0.0170. The highest BCUT2D eigenvalue weighted by Gasteiger charge is 2.25. The van der Waals surface area contributed by atoms with Gasteiger partial charge in [-0.2, -0.15) is 0 Å². The van der Waals surface area contributed by atoms with E-state index in [1.807, 2.05) is 13.8 Å². The summed E-state index contributed by atoms with van der Waals surface area (Å²) in [6.45, 7) is 5.39. The third kappa shape index (κ3) is 6.36. The van der Waals surface area contributed by atoms with Crippen LogP contribution in [-0.4, -0.2) is 17.4 Å². The number of nitrogens with zero attached hydrogens (tertiary/aromatic N) is 1. The molecule has 2 aromatic rings. The molecule has 0 aliphatic rings. The van der Waals surface area contributed by atoms with Crippen LogP contribution in [0.1, 0.15) is 48.0 Å². The Morgan fingerprint density at radius 3 is 2.52 bits per heavy atom. The molecule has 1 aromatic carbocycles. The second-order valence-corrected chi connectivity index (χ2v) is 6.84. The van der Waals surface area contributed by atoms with Gasteiger partial charge in [-0.15, -0.1) is 0 Å². The molecule has 2 rings (SSSR count). The number of alkyl halides is 2. The summed E-state index contributed by atoms with van der Waals surface area (Å²) in [5.74, 6) is -3.72. The normalized spacial score (nSPS) is 11.7. The zero-order valence-electron chi connectivity index (χ0n) is 15.6. The Labute approximate surface area is 156 Å². The van der Waals surface area contributed by atoms with Crippen LogP contribution in [0.3, 0.4) is 0 Å². The molecule has 0 unspecified atom stereocenters. The molecular weight excluding hydrogens is 357 g/mol. The second-order valence-electron chi connectivity index (χ2n) is 6.84. The molecule has 0 saturated carbocycles. The van der Waals surface area contributed by atoms with Crippen molar-refractivity contribution in [3.8, 4) is 0 Å². The van der Waals surface area contributed by atoms with Gasteiger partial charge in [-0.1, -0.05) is 32.0 Å². The molecule has 0 aliphatic heterocycles. The maximum Gasteiger partial charge on any atom is 0.270 e. The van der Waals surface area contributed by atoms with Gasteiger partial charge in [-0.05, 0) is 23.6 Å². The lowest BCUT2D eigenvalue weighted by Crippen LogP contribution is -2.28. The van der Waals surface area contributed by atoms with Crippen LogP contribution in [-0.2, 0) is 23.9 Å². The Kier molecular flexibility index (Phi) is 6.96. The van der Waals surface area contributed by atoms with E-state index in [9.17, 15) is 18.0 Å². The Morgan fingerprint density at radius 1 is 1.22 bits per heavy atom. The number of amides is 1. The average Bonchev–Trinajstić information content (AvgIpc) is 2.60. The number of rotatable bonds is 8. The molecule has 0 fully saturated rings. The summed E-state index contributed by atoms with van der Waals surface area (Å²) in [5.41, 5.74) is 0.842. The average molecular weight is 380 g/mol. The van der Waals surface area contributed by atoms with Crippen molar-refractivity contribution >= 4 is 5.91 Å². The third-order valence-electron chi connectivity index (χ3n) is 3.81. The quantitative estimate of drug-likeness (QED) is 0.737. The molecule has 0 radical (unpaired) electrons. The van der Waals surface area contributed by atoms with Crippen LogP contribution in [0.2, 0.25) is 0 Å². The fourth-order valence-corrected chi connectivity index (χ4v) is 2.25. The van der Waals surface area contributed by atoms with Crippen LogP contribution in [0, 0.1) is 11.7 Å². The van der Waals surface area contributed by atoms with Gasteiger partial charge < -0.3 is 10.1 Å². The van der Waals surface area contributed by atoms with Gasteiger partial charge in [0.05, 0.1) is 13.2 Å². The van der Waals surface area contributed by atoms with Crippen molar-refractivity contribution < 1.29 is 22.7 Å². The maximum absolute atomic E-state index is 13.9. The first-order valence-electron chi connectivity index (χ1n) is 8.64. The SMILES string of the molecule is CC(C)CNC(=O)c1ccc(COCc2ccc(C(C)(F)F)cc2F)cn1. The van der Waals surface area contributed by atoms with E-state index in [1.54, 1.807) is 12.1 Å². The van der Waals surface area contributed by atoms with E-state index in [0.29, 0.717) is 23.7 Å². The van der Waals surface area contributed by atoms with Crippen molar-refractivity contribution in [2.45, 2.75) is 39.9 Å². The number of carbonyl (C=O) groups is 1. The van der Waals surface area contributed by atoms with Crippen LogP contribution in [0.25, 0.3) is 0 Å². The number of aromatic nitrogens is 1. The number of benzene rings is 1. The van der Waals surface area contributed by atoms with Gasteiger partial charge in [-0.25, -0.2) is 13.2 Å². The molecule has 0 aliphatic carbocycles. The summed E-state index contributed by atoms with van der Waals surface area (Å²) in [6.07, 6.45) is 1.52. The number of carbonyl (C=O) groups excluding carboxylic acids is 1. The highest BCUT2D eigenvalue weighted by atomic mass is 19.3. The monoisotopic (exact) mass is 380 g/mol. The van der Waals surface area contributed by atoms with Crippen molar-refractivity contribution in [3.63, 3.8) is 0 Å². The zero-order chi connectivity index (χ0) is 20.0. The highest BCUT2D eigenvalue weighted by molar-refractivity contribution is 5.92. The van der Waals surface area contributed by atoms with E-state index in [1.165, 1.54) is 18.3 Å². The number of pyridine rings is 1. The molecule has 0 saturated heterocycles. The van der Waals surface area contributed by atoms with Crippen LogP contribution in [0.15, 0.2) is 36.5 Å². The van der Waals surface area contributed by atoms with E-state index < -0.39 is 11.7 Å². The van der Waals surface area contributed by atoms with Gasteiger partial charge in [-0.3, -0.25) is 9.78 Å². The first-order chi connectivity index (χ1) is 12.7. The minimum Gasteiger partial charge on any atom is -0.372 e. The van der Waals surface area contributed by atoms with Crippen LogP contribution in [0.4, 0.5) is 13.2 Å². The molecule has 0 spiro atoms. The molecule has 7 heteroatoms. The van der Waals surface area contributed by atoms with Crippen molar-refractivity contribution in [1.29, 1.82) is 0 Å². The van der Waals surface area contributed by atoms with Crippen molar-refractivity contribution in [3.05, 3.63) is 64.7 Å². The first-order valence-corrected chi connectivity index (χ1v) is 8.64. The molecule has 0 atom stereocenters. The Balaban J connectivity index is 1.88. The summed E-state index contributed by atoms with van der Waals surface area (Å²) in [6, 6.07) is 6.60. The summed E-state index contributed by atoms with van der Waals surface area (Å²) >= 11 is 0. The lowest BCUT2D eigenvalue weighted by Gasteiger charge is -2.12. The lowest BCUT2D eigenvalue weighted by atomic mass is 10.1. The number of halogens is 3. The summed E-state index contributed by atoms with van der Waals surface area (Å²) in [5, 5.41) is 2.78. The topological polar surface area (TPSA) is 51.2 Å². The molecule has 1 amide bonds. The van der Waals surface area contributed by atoms with Crippen LogP contribution in [0.5, 0.6) is 0 Å². The van der Waals surface area contributed by atoms with E-state index in [2.05, 4.69) is 10.3 Å². The molecular formula is C20H23F3N2O2. The molecule has 1 N–H and O–H groups in total. The molecule has 27 heavy (non-hydrogen) atoms. The number of hydrogen-bond donors (Lipinski definition) is 1. The van der Waals surface area contributed by atoms with E-state index in [4.69, 9.17) is 4.74 Å². The highest BCUT2D eigenvalue weighted by Crippen LogP contribution is 2.28. The molecule has 4 nitrogen and oxygen atoms in total. The zero-order valence-corrected chi connectivity index (χ0v) is 15.6. The Morgan fingerprint density at radius 2 is 1.96 bits per heavy atom. The first kappa shape index (κ1) is 20.9. The standard InChI is InChI=1S/C20H23F3N2O2/c1-13(2)9-25-19(26)18-7-4-14(10-24-18)11-27-12-15-5-6-16(8-17(15)21)20(3,22)23/h4-8,10,13H,9,11-12H2,1-3H3,(H,25,26). The van der Waals surface area contributed by atoms with Crippen LogP contribution < -0.4 is 5.32 Å². The third-order valence-corrected chi connectivity index (χ3v) is 3.81. The number of ether oxygens (including phenoxy) is 1. The van der Waals surface area contributed by atoms with E-state index in [-0.39, 0.29) is 30.2 Å². The largest absolute Gasteiger partial charge is 0.372 e. The second kappa shape index (κ2) is 8.99. The predicted octanol–water partition coefficient (Wildman–Crippen LogP) is 4.44. The van der Waals surface area contributed by atoms with Crippen molar-refractivity contribution in [1.82, 2.24) is 10.3 Å². The van der Waals surface area contributed by atoms with Gasteiger partial charge in [0, 0.05) is 30.8 Å². The fourth-order valence-electron chi connectivity index (χ4n) is 2.25. The van der Waals surface area contributed by atoms with Crippen molar-refractivity contribution in [2.24, 2.45) is 5.92 Å². The molecule has 1 heterocycles. The van der Waals surface area contributed by atoms with Gasteiger partial charge >= 0.3 is 0 Å². The molecule has 0 bridgehead atoms. The van der Waals surface area contributed by atoms with E-state index in [0.717, 1.165) is 13.0 Å². The minimum atomic E-state index is -3.09.